The largest absolute Gasteiger partial charge is 0.494 e. The third-order valence-corrected chi connectivity index (χ3v) is 4.07. The molecule has 0 saturated carbocycles. The third-order valence-electron chi connectivity index (χ3n) is 4.07. The van der Waals surface area contributed by atoms with Crippen LogP contribution in [-0.4, -0.2) is 27.5 Å². The van der Waals surface area contributed by atoms with E-state index in [-0.39, 0.29) is 11.4 Å². The molecule has 0 aliphatic rings. The highest BCUT2D eigenvalue weighted by atomic mass is 16.5. The van der Waals surface area contributed by atoms with Crippen molar-refractivity contribution >= 4 is 22.5 Å². The first-order valence-electron chi connectivity index (χ1n) is 8.31. The lowest BCUT2D eigenvalue weighted by Gasteiger charge is -2.15. The number of hydrogen-bond acceptors (Lipinski definition) is 6. The van der Waals surface area contributed by atoms with Crippen molar-refractivity contribution in [2.45, 2.75) is 33.7 Å². The van der Waals surface area contributed by atoms with E-state index in [1.165, 1.54) is 0 Å². The number of nitrogens with zero attached hydrogens (tertiary/aromatic N) is 3. The van der Waals surface area contributed by atoms with Crippen molar-refractivity contribution in [1.82, 2.24) is 14.9 Å². The van der Waals surface area contributed by atoms with Gasteiger partial charge in [0.25, 0.3) is 5.56 Å². The quantitative estimate of drug-likeness (QED) is 0.754. The molecule has 8 heteroatoms. The zero-order valence-electron chi connectivity index (χ0n) is 15.1. The first-order valence-corrected chi connectivity index (χ1v) is 8.31. The number of carbonyl (C=O) groups excluding carboxylic acids is 1. The minimum absolute atomic E-state index is 0.177. The van der Waals surface area contributed by atoms with Crippen LogP contribution in [0.25, 0.3) is 10.9 Å². The number of carbonyl (C=O) groups is 1. The topological polar surface area (TPSA) is 99.2 Å². The van der Waals surface area contributed by atoms with Crippen molar-refractivity contribution in [1.29, 1.82) is 0 Å². The zero-order valence-corrected chi connectivity index (χ0v) is 15.1. The van der Waals surface area contributed by atoms with E-state index in [2.05, 4.69) is 15.6 Å². The van der Waals surface area contributed by atoms with Crippen molar-refractivity contribution < 1.29 is 14.1 Å². The van der Waals surface area contributed by atoms with Gasteiger partial charge >= 0.3 is 0 Å². The van der Waals surface area contributed by atoms with Gasteiger partial charge in [0.1, 0.15) is 17.6 Å². The maximum atomic E-state index is 12.6. The van der Waals surface area contributed by atoms with Gasteiger partial charge in [-0.1, -0.05) is 5.16 Å². The molecule has 0 bridgehead atoms. The predicted molar refractivity (Wildman–Crippen MR) is 96.5 cm³/mol. The Morgan fingerprint density at radius 1 is 1.31 bits per heavy atom. The summed E-state index contributed by atoms with van der Waals surface area (Å²) in [7, 11) is 0. The zero-order chi connectivity index (χ0) is 18.8. The van der Waals surface area contributed by atoms with Gasteiger partial charge in [-0.3, -0.25) is 9.59 Å². The molecule has 1 aromatic carbocycles. The molecule has 0 spiro atoms. The summed E-state index contributed by atoms with van der Waals surface area (Å²) in [6.45, 7) is 7.55. The number of amides is 1. The average molecular weight is 356 g/mol. The van der Waals surface area contributed by atoms with Gasteiger partial charge in [-0.15, -0.1) is 0 Å². The van der Waals surface area contributed by atoms with Crippen LogP contribution in [0, 0.1) is 13.8 Å². The Morgan fingerprint density at radius 3 is 2.65 bits per heavy atom. The Kier molecular flexibility index (Phi) is 4.75. The van der Waals surface area contributed by atoms with E-state index in [4.69, 9.17) is 9.26 Å². The highest BCUT2D eigenvalue weighted by Gasteiger charge is 2.22. The maximum absolute atomic E-state index is 12.6. The number of hydrogen-bond donors (Lipinski definition) is 1. The molecule has 1 N–H and O–H groups in total. The maximum Gasteiger partial charge on any atom is 0.297 e. The van der Waals surface area contributed by atoms with Gasteiger partial charge in [0.2, 0.25) is 5.91 Å². The number of ether oxygens (including phenoxy) is 1. The molecule has 1 atom stereocenters. The number of aryl methyl sites for hydroxylation is 2. The normalized spacial score (nSPS) is 12.2. The molecule has 2 heterocycles. The van der Waals surface area contributed by atoms with Crippen LogP contribution in [0.3, 0.4) is 0 Å². The number of nitrogens with one attached hydrogen (secondary N) is 1. The second-order valence-electron chi connectivity index (χ2n) is 5.92. The lowest BCUT2D eigenvalue weighted by Crippen LogP contribution is -2.34. The molecule has 0 aliphatic heterocycles. The molecule has 0 fully saturated rings. The van der Waals surface area contributed by atoms with Gasteiger partial charge in [0.15, 0.2) is 5.52 Å². The molecule has 3 rings (SSSR count). The molecule has 0 unspecified atom stereocenters. The van der Waals surface area contributed by atoms with E-state index in [0.29, 0.717) is 29.1 Å². The molecule has 0 saturated heterocycles. The van der Waals surface area contributed by atoms with Gasteiger partial charge in [0, 0.05) is 5.69 Å². The summed E-state index contributed by atoms with van der Waals surface area (Å²) in [5.41, 5.74) is 0.903. The Balaban J connectivity index is 1.85. The molecular weight excluding hydrogens is 336 g/mol. The molecule has 2 aromatic heterocycles. The number of benzene rings is 1. The third kappa shape index (κ3) is 3.17. The van der Waals surface area contributed by atoms with Crippen LogP contribution in [0.2, 0.25) is 0 Å². The summed E-state index contributed by atoms with van der Waals surface area (Å²) in [6, 6.07) is 6.20. The molecule has 0 radical (unpaired) electrons. The Bertz CT molecular complexity index is 1000. The van der Waals surface area contributed by atoms with Crippen molar-refractivity contribution in [3.8, 4) is 5.75 Å². The molecular formula is C18H20N4O4. The fourth-order valence-corrected chi connectivity index (χ4v) is 2.73. The second kappa shape index (κ2) is 6.99. The van der Waals surface area contributed by atoms with Gasteiger partial charge in [-0.25, -0.2) is 4.68 Å². The fourth-order valence-electron chi connectivity index (χ4n) is 2.73. The molecule has 26 heavy (non-hydrogen) atoms. The first-order chi connectivity index (χ1) is 12.4. The van der Waals surface area contributed by atoms with E-state index in [0.717, 1.165) is 10.4 Å². The number of aromatic nitrogens is 3. The summed E-state index contributed by atoms with van der Waals surface area (Å²) in [6.07, 6.45) is 0. The monoisotopic (exact) mass is 356 g/mol. The van der Waals surface area contributed by atoms with Crippen molar-refractivity contribution in [3.05, 3.63) is 46.1 Å². The lowest BCUT2D eigenvalue weighted by molar-refractivity contribution is -0.119. The van der Waals surface area contributed by atoms with Crippen LogP contribution >= 0.6 is 0 Å². The van der Waals surface area contributed by atoms with Crippen molar-refractivity contribution in [2.75, 3.05) is 11.9 Å². The fraction of sp³-hybridized carbons (Fsp3) is 0.333. The second-order valence-corrected chi connectivity index (χ2v) is 5.92. The molecule has 3 aromatic rings. The van der Waals surface area contributed by atoms with Crippen LogP contribution in [0.4, 0.5) is 5.69 Å². The minimum Gasteiger partial charge on any atom is -0.494 e. The van der Waals surface area contributed by atoms with E-state index in [9.17, 15) is 9.59 Å². The van der Waals surface area contributed by atoms with Crippen LogP contribution < -0.4 is 15.6 Å². The van der Waals surface area contributed by atoms with Gasteiger partial charge < -0.3 is 14.6 Å². The summed E-state index contributed by atoms with van der Waals surface area (Å²) in [5.74, 6) is 0.891. The summed E-state index contributed by atoms with van der Waals surface area (Å²) < 4.78 is 11.6. The first kappa shape index (κ1) is 17.7. The van der Waals surface area contributed by atoms with E-state index in [1.807, 2.05) is 6.92 Å². The van der Waals surface area contributed by atoms with E-state index >= 15 is 0 Å². The standard InChI is InChI=1S/C18H20N4O4/c1-5-25-14-8-6-13(7-9-14)19-17(23)11(3)22-18(24)16-15(10(2)20-22)12(4)26-21-16/h6-9,11H,5H2,1-4H3,(H,19,23)/t11-/m0/s1. The molecule has 8 nitrogen and oxygen atoms in total. The summed E-state index contributed by atoms with van der Waals surface area (Å²) in [5, 5.41) is 11.4. The van der Waals surface area contributed by atoms with Crippen LogP contribution in [0.15, 0.2) is 33.6 Å². The summed E-state index contributed by atoms with van der Waals surface area (Å²) in [4.78, 5) is 25.1. The van der Waals surface area contributed by atoms with Crippen molar-refractivity contribution in [3.63, 3.8) is 0 Å². The van der Waals surface area contributed by atoms with Crippen LogP contribution in [-0.2, 0) is 4.79 Å². The average Bonchev–Trinajstić information content (AvgIpc) is 3.02. The van der Waals surface area contributed by atoms with Gasteiger partial charge in [-0.2, -0.15) is 5.10 Å². The van der Waals surface area contributed by atoms with Crippen LogP contribution in [0.5, 0.6) is 5.75 Å². The smallest absolute Gasteiger partial charge is 0.297 e. The lowest BCUT2D eigenvalue weighted by atomic mass is 10.2. The van der Waals surface area contributed by atoms with Gasteiger partial charge in [0.05, 0.1) is 17.7 Å². The van der Waals surface area contributed by atoms with Crippen molar-refractivity contribution in [2.24, 2.45) is 0 Å². The SMILES string of the molecule is CCOc1ccc(NC(=O)[C@H](C)n2nc(C)c3c(C)onc3c2=O)cc1. The predicted octanol–water partition coefficient (Wildman–Crippen LogP) is 2.60. The Morgan fingerprint density at radius 2 is 2.00 bits per heavy atom. The molecule has 0 aliphatic carbocycles. The number of anilines is 1. The van der Waals surface area contributed by atoms with E-state index in [1.54, 1.807) is 45.0 Å². The number of fused-ring (bicyclic) bond motifs is 1. The molecule has 136 valence electrons. The molecule has 1 amide bonds. The Hall–Kier alpha value is -3.16. The summed E-state index contributed by atoms with van der Waals surface area (Å²) >= 11 is 0. The minimum atomic E-state index is -0.811. The Labute approximate surface area is 149 Å². The highest BCUT2D eigenvalue weighted by molar-refractivity contribution is 5.93. The highest BCUT2D eigenvalue weighted by Crippen LogP contribution is 2.19. The van der Waals surface area contributed by atoms with Crippen LogP contribution in [0.1, 0.15) is 31.3 Å². The van der Waals surface area contributed by atoms with E-state index < -0.39 is 11.6 Å². The number of rotatable bonds is 5. The van der Waals surface area contributed by atoms with Gasteiger partial charge in [-0.05, 0) is 52.0 Å².